The summed E-state index contributed by atoms with van der Waals surface area (Å²) in [4.78, 5) is 4.28. The highest BCUT2D eigenvalue weighted by Crippen LogP contribution is 2.26. The van der Waals surface area contributed by atoms with E-state index >= 15 is 0 Å². The van der Waals surface area contributed by atoms with Crippen molar-refractivity contribution in [2.75, 3.05) is 0 Å². The van der Waals surface area contributed by atoms with Crippen LogP contribution < -0.4 is 0 Å². The molecule has 0 aliphatic rings. The number of aliphatic hydroxyl groups excluding tert-OH is 1. The van der Waals surface area contributed by atoms with Gasteiger partial charge in [-0.1, -0.05) is 40.2 Å². The van der Waals surface area contributed by atoms with Gasteiger partial charge in [0.25, 0.3) is 0 Å². The van der Waals surface area contributed by atoms with Crippen LogP contribution in [0.15, 0.2) is 65.3 Å². The van der Waals surface area contributed by atoms with Gasteiger partial charge in [-0.3, -0.25) is 4.98 Å². The molecule has 1 aromatic heterocycles. The van der Waals surface area contributed by atoms with E-state index in [-0.39, 0.29) is 0 Å². The van der Waals surface area contributed by atoms with Crippen molar-refractivity contribution in [3.8, 4) is 0 Å². The molecule has 19 heavy (non-hydrogen) atoms. The number of aromatic nitrogens is 1. The Bertz CT molecular complexity index is 727. The van der Waals surface area contributed by atoms with Gasteiger partial charge in [-0.25, -0.2) is 0 Å². The smallest absolute Gasteiger partial charge is 0.104 e. The van der Waals surface area contributed by atoms with E-state index < -0.39 is 6.10 Å². The molecule has 0 fully saturated rings. The topological polar surface area (TPSA) is 33.1 Å². The average Bonchev–Trinajstić information content (AvgIpc) is 2.46. The van der Waals surface area contributed by atoms with Gasteiger partial charge in [-0.15, -0.1) is 0 Å². The highest BCUT2D eigenvalue weighted by atomic mass is 79.9. The van der Waals surface area contributed by atoms with Crippen molar-refractivity contribution in [1.82, 2.24) is 4.98 Å². The van der Waals surface area contributed by atoms with Gasteiger partial charge < -0.3 is 5.11 Å². The van der Waals surface area contributed by atoms with Gasteiger partial charge in [0.15, 0.2) is 0 Å². The fraction of sp³-hybridized carbons (Fsp3) is 0.0625. The maximum Gasteiger partial charge on any atom is 0.104 e. The molecular weight excluding hydrogens is 302 g/mol. The minimum absolute atomic E-state index is 0.623. The number of nitrogens with zero attached hydrogens (tertiary/aromatic N) is 1. The van der Waals surface area contributed by atoms with E-state index in [4.69, 9.17) is 0 Å². The first-order valence-corrected chi connectivity index (χ1v) is 6.81. The molecule has 0 saturated carbocycles. The third kappa shape index (κ3) is 2.53. The zero-order valence-corrected chi connectivity index (χ0v) is 11.7. The summed E-state index contributed by atoms with van der Waals surface area (Å²) in [5.41, 5.74) is 2.68. The first-order valence-electron chi connectivity index (χ1n) is 6.02. The highest BCUT2D eigenvalue weighted by molar-refractivity contribution is 9.10. The van der Waals surface area contributed by atoms with Crippen LogP contribution in [0, 0.1) is 0 Å². The molecule has 1 heterocycles. The number of aliphatic hydroxyl groups is 1. The van der Waals surface area contributed by atoms with Crippen LogP contribution >= 0.6 is 15.9 Å². The van der Waals surface area contributed by atoms with Gasteiger partial charge in [0.05, 0.1) is 5.52 Å². The van der Waals surface area contributed by atoms with E-state index in [2.05, 4.69) is 20.9 Å². The summed E-state index contributed by atoms with van der Waals surface area (Å²) in [6, 6.07) is 17.4. The van der Waals surface area contributed by atoms with Crippen LogP contribution in [0.1, 0.15) is 17.2 Å². The molecule has 2 nitrogen and oxygen atoms in total. The Morgan fingerprint density at radius 1 is 0.947 bits per heavy atom. The zero-order valence-electron chi connectivity index (χ0n) is 10.1. The van der Waals surface area contributed by atoms with Gasteiger partial charge in [0.2, 0.25) is 0 Å². The summed E-state index contributed by atoms with van der Waals surface area (Å²) in [6.45, 7) is 0. The van der Waals surface area contributed by atoms with Gasteiger partial charge >= 0.3 is 0 Å². The Labute approximate surface area is 119 Å². The number of halogens is 1. The van der Waals surface area contributed by atoms with Crippen LogP contribution in [0.25, 0.3) is 10.9 Å². The normalized spacial score (nSPS) is 12.5. The first kappa shape index (κ1) is 12.3. The SMILES string of the molecule is OC(c1cccc(Br)c1)c1ccc2ncccc2c1. The number of rotatable bonds is 2. The molecule has 1 atom stereocenters. The Morgan fingerprint density at radius 2 is 1.79 bits per heavy atom. The molecule has 3 aromatic rings. The molecule has 2 aromatic carbocycles. The Hall–Kier alpha value is -1.71. The molecular formula is C16H12BrNO. The van der Waals surface area contributed by atoms with Crippen molar-refractivity contribution in [3.63, 3.8) is 0 Å². The Kier molecular flexibility index (Phi) is 3.32. The van der Waals surface area contributed by atoms with Crippen molar-refractivity contribution < 1.29 is 5.11 Å². The quantitative estimate of drug-likeness (QED) is 0.773. The molecule has 1 N–H and O–H groups in total. The van der Waals surface area contributed by atoms with Crippen molar-refractivity contribution in [2.24, 2.45) is 0 Å². The molecule has 0 spiro atoms. The molecule has 0 aliphatic carbocycles. The second-order valence-electron chi connectivity index (χ2n) is 4.41. The summed E-state index contributed by atoms with van der Waals surface area (Å²) in [5, 5.41) is 11.5. The minimum atomic E-state index is -0.623. The van der Waals surface area contributed by atoms with Gasteiger partial charge in [-0.05, 0) is 41.5 Å². The van der Waals surface area contributed by atoms with Crippen molar-refractivity contribution in [3.05, 3.63) is 76.4 Å². The summed E-state index contributed by atoms with van der Waals surface area (Å²) in [6.07, 6.45) is 1.15. The second-order valence-corrected chi connectivity index (χ2v) is 5.33. The fourth-order valence-corrected chi connectivity index (χ4v) is 2.55. The van der Waals surface area contributed by atoms with Crippen LogP contribution in [0.5, 0.6) is 0 Å². The van der Waals surface area contributed by atoms with E-state index in [0.29, 0.717) is 0 Å². The Balaban J connectivity index is 2.04. The van der Waals surface area contributed by atoms with E-state index in [1.807, 2.05) is 54.6 Å². The monoisotopic (exact) mass is 313 g/mol. The minimum Gasteiger partial charge on any atom is -0.384 e. The van der Waals surface area contributed by atoms with E-state index in [9.17, 15) is 5.11 Å². The maximum absolute atomic E-state index is 10.4. The van der Waals surface area contributed by atoms with Crippen molar-refractivity contribution in [2.45, 2.75) is 6.10 Å². The predicted octanol–water partition coefficient (Wildman–Crippen LogP) is 4.08. The lowest BCUT2D eigenvalue weighted by atomic mass is 10.00. The lowest BCUT2D eigenvalue weighted by Crippen LogP contribution is -1.99. The Morgan fingerprint density at radius 3 is 2.63 bits per heavy atom. The van der Waals surface area contributed by atoms with E-state index in [1.165, 1.54) is 0 Å². The largest absolute Gasteiger partial charge is 0.384 e. The average molecular weight is 314 g/mol. The number of fused-ring (bicyclic) bond motifs is 1. The molecule has 3 rings (SSSR count). The van der Waals surface area contributed by atoms with Crippen LogP contribution in [-0.2, 0) is 0 Å². The number of hydrogen-bond acceptors (Lipinski definition) is 2. The van der Waals surface area contributed by atoms with E-state index in [0.717, 1.165) is 26.5 Å². The summed E-state index contributed by atoms with van der Waals surface area (Å²) >= 11 is 3.42. The summed E-state index contributed by atoms with van der Waals surface area (Å²) in [5.74, 6) is 0. The van der Waals surface area contributed by atoms with Crippen LogP contribution in [0.3, 0.4) is 0 Å². The fourth-order valence-electron chi connectivity index (χ4n) is 2.13. The molecule has 0 aliphatic heterocycles. The van der Waals surface area contributed by atoms with E-state index in [1.54, 1.807) is 6.20 Å². The number of pyridine rings is 1. The van der Waals surface area contributed by atoms with Crippen LogP contribution in [0.2, 0.25) is 0 Å². The predicted molar refractivity (Wildman–Crippen MR) is 79.9 cm³/mol. The third-order valence-corrected chi connectivity index (χ3v) is 3.60. The summed E-state index contributed by atoms with van der Waals surface area (Å²) < 4.78 is 0.964. The summed E-state index contributed by atoms with van der Waals surface area (Å²) in [7, 11) is 0. The van der Waals surface area contributed by atoms with Crippen molar-refractivity contribution in [1.29, 1.82) is 0 Å². The molecule has 0 amide bonds. The van der Waals surface area contributed by atoms with Gasteiger partial charge in [-0.2, -0.15) is 0 Å². The lowest BCUT2D eigenvalue weighted by molar-refractivity contribution is 0.220. The first-order chi connectivity index (χ1) is 9.24. The molecule has 0 saturated heterocycles. The standard InChI is InChI=1S/C16H12BrNO/c17-14-5-1-3-12(10-14)16(19)13-6-7-15-11(9-13)4-2-8-18-15/h1-10,16,19H. The molecule has 94 valence electrons. The highest BCUT2D eigenvalue weighted by Gasteiger charge is 2.11. The number of hydrogen-bond donors (Lipinski definition) is 1. The molecule has 0 radical (unpaired) electrons. The third-order valence-electron chi connectivity index (χ3n) is 3.11. The number of benzene rings is 2. The zero-order chi connectivity index (χ0) is 13.2. The molecule has 1 unspecified atom stereocenters. The van der Waals surface area contributed by atoms with Crippen LogP contribution in [0.4, 0.5) is 0 Å². The van der Waals surface area contributed by atoms with Crippen molar-refractivity contribution >= 4 is 26.8 Å². The van der Waals surface area contributed by atoms with Crippen LogP contribution in [-0.4, -0.2) is 10.1 Å². The second kappa shape index (κ2) is 5.11. The van der Waals surface area contributed by atoms with Gasteiger partial charge in [0, 0.05) is 16.1 Å². The lowest BCUT2D eigenvalue weighted by Gasteiger charge is -2.12. The van der Waals surface area contributed by atoms with Gasteiger partial charge in [0.1, 0.15) is 6.10 Å². The maximum atomic E-state index is 10.4. The molecule has 3 heteroatoms. The molecule has 0 bridgehead atoms.